The second kappa shape index (κ2) is 8.10. The first-order valence-electron chi connectivity index (χ1n) is 8.91. The van der Waals surface area contributed by atoms with Crippen molar-refractivity contribution in [1.82, 2.24) is 4.98 Å². The van der Waals surface area contributed by atoms with Gasteiger partial charge < -0.3 is 10.2 Å². The standard InChI is InChI=1S/C20H21N3OS2/c24-19(14-25-20-22-17-6-2-3-7-18(17)26-20)21-15-8-10-16(11-9-15)23-12-4-1-5-13-23/h2-3,6-11H,1,4-5,12-14H2,(H,21,24). The van der Waals surface area contributed by atoms with Gasteiger partial charge in [-0.05, 0) is 55.7 Å². The number of hydrogen-bond acceptors (Lipinski definition) is 5. The molecule has 134 valence electrons. The molecule has 0 bridgehead atoms. The molecule has 1 aromatic heterocycles. The zero-order valence-corrected chi connectivity index (χ0v) is 16.1. The molecule has 1 fully saturated rings. The van der Waals surface area contributed by atoms with Gasteiger partial charge in [-0.1, -0.05) is 23.9 Å². The van der Waals surface area contributed by atoms with Gasteiger partial charge in [0.2, 0.25) is 5.91 Å². The van der Waals surface area contributed by atoms with Crippen molar-refractivity contribution in [2.75, 3.05) is 29.1 Å². The van der Waals surface area contributed by atoms with Crippen molar-refractivity contribution >= 4 is 50.6 Å². The number of nitrogens with zero attached hydrogens (tertiary/aromatic N) is 2. The summed E-state index contributed by atoms with van der Waals surface area (Å²) in [5.41, 5.74) is 3.08. The summed E-state index contributed by atoms with van der Waals surface area (Å²) in [5, 5.41) is 2.97. The molecular weight excluding hydrogens is 362 g/mol. The van der Waals surface area contributed by atoms with E-state index in [2.05, 4.69) is 33.4 Å². The highest BCUT2D eigenvalue weighted by Gasteiger charge is 2.11. The smallest absolute Gasteiger partial charge is 0.234 e. The minimum atomic E-state index is -0.0000198. The molecule has 4 rings (SSSR count). The van der Waals surface area contributed by atoms with Crippen LogP contribution in [0.4, 0.5) is 11.4 Å². The number of aromatic nitrogens is 1. The summed E-state index contributed by atoms with van der Waals surface area (Å²) in [7, 11) is 0. The zero-order chi connectivity index (χ0) is 17.8. The highest BCUT2D eigenvalue weighted by Crippen LogP contribution is 2.29. The van der Waals surface area contributed by atoms with Gasteiger partial charge in [0.15, 0.2) is 4.34 Å². The Morgan fingerprint density at radius 3 is 2.62 bits per heavy atom. The lowest BCUT2D eigenvalue weighted by atomic mass is 10.1. The molecule has 6 heteroatoms. The molecule has 1 saturated heterocycles. The summed E-state index contributed by atoms with van der Waals surface area (Å²) in [6.07, 6.45) is 3.86. The van der Waals surface area contributed by atoms with Gasteiger partial charge in [-0.25, -0.2) is 4.98 Å². The normalized spacial score (nSPS) is 14.5. The van der Waals surface area contributed by atoms with E-state index in [0.29, 0.717) is 5.75 Å². The maximum absolute atomic E-state index is 12.2. The molecule has 4 nitrogen and oxygen atoms in total. The maximum atomic E-state index is 12.2. The van der Waals surface area contributed by atoms with Crippen LogP contribution in [0.1, 0.15) is 19.3 Å². The number of piperidine rings is 1. The molecule has 1 amide bonds. The lowest BCUT2D eigenvalue weighted by molar-refractivity contribution is -0.113. The van der Waals surface area contributed by atoms with Crippen LogP contribution < -0.4 is 10.2 Å². The first kappa shape index (κ1) is 17.4. The van der Waals surface area contributed by atoms with Crippen molar-refractivity contribution in [2.24, 2.45) is 0 Å². The molecular formula is C20H21N3OS2. The van der Waals surface area contributed by atoms with Crippen molar-refractivity contribution in [3.63, 3.8) is 0 Å². The molecule has 0 spiro atoms. The van der Waals surface area contributed by atoms with E-state index in [-0.39, 0.29) is 5.91 Å². The molecule has 2 heterocycles. The van der Waals surface area contributed by atoms with Crippen molar-refractivity contribution < 1.29 is 4.79 Å². The van der Waals surface area contributed by atoms with Crippen LogP contribution in [-0.2, 0) is 4.79 Å². The number of carbonyl (C=O) groups excluding carboxylic acids is 1. The monoisotopic (exact) mass is 383 g/mol. The van der Waals surface area contributed by atoms with Crippen LogP contribution in [0.15, 0.2) is 52.9 Å². The molecule has 0 aliphatic carbocycles. The number of fused-ring (bicyclic) bond motifs is 1. The van der Waals surface area contributed by atoms with Gasteiger partial charge in [0.25, 0.3) is 0 Å². The Hall–Kier alpha value is -2.05. The third-order valence-corrected chi connectivity index (χ3v) is 6.65. The predicted octanol–water partition coefficient (Wildman–Crippen LogP) is 5.02. The summed E-state index contributed by atoms with van der Waals surface area (Å²) in [5.74, 6) is 0.369. The van der Waals surface area contributed by atoms with Crippen molar-refractivity contribution in [3.8, 4) is 0 Å². The lowest BCUT2D eigenvalue weighted by Crippen LogP contribution is -2.29. The van der Waals surface area contributed by atoms with E-state index in [4.69, 9.17) is 0 Å². The fourth-order valence-corrected chi connectivity index (χ4v) is 5.01. The molecule has 0 saturated carbocycles. The number of carbonyl (C=O) groups is 1. The van der Waals surface area contributed by atoms with Crippen LogP contribution in [0, 0.1) is 0 Å². The van der Waals surface area contributed by atoms with E-state index in [1.54, 1.807) is 11.3 Å². The number of thiazole rings is 1. The fraction of sp³-hybridized carbons (Fsp3) is 0.300. The summed E-state index contributed by atoms with van der Waals surface area (Å²) < 4.78 is 2.09. The lowest BCUT2D eigenvalue weighted by Gasteiger charge is -2.28. The largest absolute Gasteiger partial charge is 0.372 e. The average molecular weight is 384 g/mol. The van der Waals surface area contributed by atoms with Gasteiger partial charge in [0.1, 0.15) is 0 Å². The molecule has 26 heavy (non-hydrogen) atoms. The van der Waals surface area contributed by atoms with E-state index in [9.17, 15) is 4.79 Å². The van der Waals surface area contributed by atoms with Crippen molar-refractivity contribution in [1.29, 1.82) is 0 Å². The fourth-order valence-electron chi connectivity index (χ4n) is 3.14. The van der Waals surface area contributed by atoms with Crippen LogP contribution in [-0.4, -0.2) is 29.7 Å². The minimum absolute atomic E-state index is 0.0000198. The van der Waals surface area contributed by atoms with Crippen molar-refractivity contribution in [2.45, 2.75) is 23.6 Å². The minimum Gasteiger partial charge on any atom is -0.372 e. The number of benzene rings is 2. The highest BCUT2D eigenvalue weighted by atomic mass is 32.2. The number of para-hydroxylation sites is 1. The molecule has 1 aliphatic heterocycles. The molecule has 0 unspecified atom stereocenters. The van der Waals surface area contributed by atoms with E-state index in [0.717, 1.165) is 33.3 Å². The van der Waals surface area contributed by atoms with E-state index < -0.39 is 0 Å². The Balaban J connectivity index is 1.31. The Labute approximate surface area is 161 Å². The number of amides is 1. The molecule has 1 aliphatic rings. The number of rotatable bonds is 5. The van der Waals surface area contributed by atoms with E-state index in [1.165, 1.54) is 36.7 Å². The summed E-state index contributed by atoms with van der Waals surface area (Å²) in [6.45, 7) is 2.26. The van der Waals surface area contributed by atoms with Gasteiger partial charge in [-0.2, -0.15) is 0 Å². The third kappa shape index (κ3) is 4.19. The second-order valence-corrected chi connectivity index (χ2v) is 8.63. The predicted molar refractivity (Wildman–Crippen MR) is 111 cm³/mol. The number of hydrogen-bond donors (Lipinski definition) is 1. The second-order valence-electron chi connectivity index (χ2n) is 6.38. The van der Waals surface area contributed by atoms with Crippen LogP contribution in [0.25, 0.3) is 10.2 Å². The molecule has 1 N–H and O–H groups in total. The molecule has 2 aromatic carbocycles. The van der Waals surface area contributed by atoms with Crippen LogP contribution in [0.2, 0.25) is 0 Å². The summed E-state index contributed by atoms with van der Waals surface area (Å²) >= 11 is 3.12. The van der Waals surface area contributed by atoms with Gasteiger partial charge >= 0.3 is 0 Å². The van der Waals surface area contributed by atoms with Crippen LogP contribution >= 0.6 is 23.1 Å². The van der Waals surface area contributed by atoms with Crippen LogP contribution in [0.3, 0.4) is 0 Å². The number of anilines is 2. The van der Waals surface area contributed by atoms with Gasteiger partial charge in [-0.3, -0.25) is 4.79 Å². The zero-order valence-electron chi connectivity index (χ0n) is 14.5. The third-order valence-electron chi connectivity index (χ3n) is 4.47. The van der Waals surface area contributed by atoms with E-state index in [1.807, 2.05) is 30.3 Å². The average Bonchev–Trinajstić information content (AvgIpc) is 3.11. The Morgan fingerprint density at radius 2 is 1.85 bits per heavy atom. The Morgan fingerprint density at radius 1 is 1.08 bits per heavy atom. The molecule has 0 atom stereocenters. The highest BCUT2D eigenvalue weighted by molar-refractivity contribution is 8.01. The van der Waals surface area contributed by atoms with Gasteiger partial charge in [0.05, 0.1) is 16.0 Å². The summed E-state index contributed by atoms with van der Waals surface area (Å²) in [4.78, 5) is 19.2. The van der Waals surface area contributed by atoms with Crippen molar-refractivity contribution in [3.05, 3.63) is 48.5 Å². The van der Waals surface area contributed by atoms with Gasteiger partial charge in [0, 0.05) is 24.5 Å². The molecule has 3 aromatic rings. The quantitative estimate of drug-likeness (QED) is 0.629. The molecule has 0 radical (unpaired) electrons. The number of thioether (sulfide) groups is 1. The summed E-state index contributed by atoms with van der Waals surface area (Å²) in [6, 6.07) is 16.2. The SMILES string of the molecule is O=C(CSc1nc2ccccc2s1)Nc1ccc(N2CCCCC2)cc1. The van der Waals surface area contributed by atoms with E-state index >= 15 is 0 Å². The Kier molecular flexibility index (Phi) is 5.41. The number of nitrogens with one attached hydrogen (secondary N) is 1. The Bertz CT molecular complexity index is 852. The first-order valence-corrected chi connectivity index (χ1v) is 10.7. The first-order chi connectivity index (χ1) is 12.8. The maximum Gasteiger partial charge on any atom is 0.234 e. The topological polar surface area (TPSA) is 45.2 Å². The van der Waals surface area contributed by atoms with Crippen LogP contribution in [0.5, 0.6) is 0 Å². The van der Waals surface area contributed by atoms with Gasteiger partial charge in [-0.15, -0.1) is 11.3 Å².